The van der Waals surface area contributed by atoms with E-state index in [-0.39, 0.29) is 5.91 Å². The van der Waals surface area contributed by atoms with Crippen LogP contribution in [0.5, 0.6) is 0 Å². The minimum atomic E-state index is -0.396. The molecule has 0 saturated heterocycles. The van der Waals surface area contributed by atoms with Gasteiger partial charge in [-0.2, -0.15) is 0 Å². The third-order valence-corrected chi connectivity index (χ3v) is 2.90. The van der Waals surface area contributed by atoms with E-state index in [2.05, 4.69) is 12.6 Å². The molecule has 1 atom stereocenters. The summed E-state index contributed by atoms with van der Waals surface area (Å²) in [6.07, 6.45) is 3.30. The van der Waals surface area contributed by atoms with Gasteiger partial charge >= 0.3 is 0 Å². The van der Waals surface area contributed by atoms with Gasteiger partial charge in [0.1, 0.15) is 0 Å². The molecule has 0 aromatic heterocycles. The number of nitrogens with two attached hydrogens (primary N) is 1. The van der Waals surface area contributed by atoms with Crippen molar-refractivity contribution < 1.29 is 4.79 Å². The van der Waals surface area contributed by atoms with Gasteiger partial charge in [0.25, 0.3) is 0 Å². The van der Waals surface area contributed by atoms with Crippen molar-refractivity contribution in [2.24, 2.45) is 5.73 Å². The number of carbonyl (C=O) groups excluding carboxylic acids is 1. The van der Waals surface area contributed by atoms with Crippen molar-refractivity contribution >= 4 is 11.6 Å². The highest BCUT2D eigenvalue weighted by atomic mass is 16.2. The number of hydrogen-bond donors (Lipinski definition) is 1. The lowest BCUT2D eigenvalue weighted by atomic mass is 10.1. The van der Waals surface area contributed by atoms with Gasteiger partial charge in [-0.15, -0.1) is 6.58 Å². The summed E-state index contributed by atoms with van der Waals surface area (Å²) in [6.45, 7) is 4.20. The second kappa shape index (κ2) is 4.49. The van der Waals surface area contributed by atoms with E-state index < -0.39 is 6.04 Å². The molecule has 1 heterocycles. The normalized spacial score (nSPS) is 20.2. The molecule has 0 bridgehead atoms. The molecule has 0 aliphatic carbocycles. The molecular weight excluding hydrogens is 200 g/mol. The fraction of sp³-hybridized carbons (Fsp3) is 0.308. The number of aryl methyl sites for hydroxylation is 1. The zero-order chi connectivity index (χ0) is 11.5. The average molecular weight is 216 g/mol. The number of carbonyl (C=O) groups is 1. The molecule has 0 fully saturated rings. The van der Waals surface area contributed by atoms with Crippen LogP contribution in [-0.2, 0) is 11.2 Å². The summed E-state index contributed by atoms with van der Waals surface area (Å²) in [5.74, 6) is -0.00940. The van der Waals surface area contributed by atoms with Gasteiger partial charge in [0.15, 0.2) is 0 Å². The second-order valence-corrected chi connectivity index (χ2v) is 4.01. The molecule has 1 aromatic rings. The Morgan fingerprint density at radius 1 is 1.50 bits per heavy atom. The van der Waals surface area contributed by atoms with Crippen molar-refractivity contribution in [2.75, 3.05) is 11.4 Å². The molecule has 84 valence electrons. The Kier molecular flexibility index (Phi) is 3.06. The Balaban J connectivity index is 2.44. The van der Waals surface area contributed by atoms with Gasteiger partial charge in [-0.3, -0.25) is 4.79 Å². The first-order chi connectivity index (χ1) is 7.74. The monoisotopic (exact) mass is 216 g/mol. The number of anilines is 1. The molecule has 16 heavy (non-hydrogen) atoms. The second-order valence-electron chi connectivity index (χ2n) is 4.01. The van der Waals surface area contributed by atoms with Crippen LogP contribution in [0.2, 0.25) is 0 Å². The van der Waals surface area contributed by atoms with Gasteiger partial charge in [-0.1, -0.05) is 24.3 Å². The van der Waals surface area contributed by atoms with E-state index >= 15 is 0 Å². The van der Waals surface area contributed by atoms with Crippen molar-refractivity contribution in [2.45, 2.75) is 18.9 Å². The lowest BCUT2D eigenvalue weighted by Gasteiger charge is -2.23. The summed E-state index contributed by atoms with van der Waals surface area (Å²) in [6, 6.07) is 7.56. The SMILES string of the molecule is C=CCN1C(=O)C(N)CCc2ccccc21. The quantitative estimate of drug-likeness (QED) is 0.761. The summed E-state index contributed by atoms with van der Waals surface area (Å²) in [5.41, 5.74) is 8.01. The van der Waals surface area contributed by atoms with E-state index in [4.69, 9.17) is 5.73 Å². The topological polar surface area (TPSA) is 46.3 Å². The van der Waals surface area contributed by atoms with Crippen LogP contribution in [0.1, 0.15) is 12.0 Å². The predicted molar refractivity (Wildman–Crippen MR) is 65.3 cm³/mol. The van der Waals surface area contributed by atoms with Crippen molar-refractivity contribution in [3.8, 4) is 0 Å². The molecule has 3 heteroatoms. The molecule has 1 aliphatic heterocycles. The number of benzene rings is 1. The highest BCUT2D eigenvalue weighted by molar-refractivity contribution is 5.98. The van der Waals surface area contributed by atoms with Crippen LogP contribution in [0.4, 0.5) is 5.69 Å². The summed E-state index contributed by atoms with van der Waals surface area (Å²) >= 11 is 0. The minimum absolute atomic E-state index is 0.00940. The maximum Gasteiger partial charge on any atom is 0.244 e. The standard InChI is InChI=1S/C13H16N2O/c1-2-9-15-12-6-4-3-5-10(12)7-8-11(14)13(15)16/h2-6,11H,1,7-9,14H2. The number of para-hydroxylation sites is 1. The average Bonchev–Trinajstić information content (AvgIpc) is 2.42. The molecule has 2 rings (SSSR count). The van der Waals surface area contributed by atoms with E-state index in [1.54, 1.807) is 11.0 Å². The Bertz CT molecular complexity index is 414. The first kappa shape index (κ1) is 10.9. The molecule has 1 aromatic carbocycles. The molecule has 0 spiro atoms. The third kappa shape index (κ3) is 1.86. The van der Waals surface area contributed by atoms with Crippen molar-refractivity contribution in [1.29, 1.82) is 0 Å². The largest absolute Gasteiger partial charge is 0.320 e. The lowest BCUT2D eigenvalue weighted by Crippen LogP contribution is -2.42. The van der Waals surface area contributed by atoms with Crippen LogP contribution >= 0.6 is 0 Å². The fourth-order valence-corrected chi connectivity index (χ4v) is 2.06. The van der Waals surface area contributed by atoms with Gasteiger partial charge in [-0.25, -0.2) is 0 Å². The first-order valence-corrected chi connectivity index (χ1v) is 5.50. The van der Waals surface area contributed by atoms with Gasteiger partial charge < -0.3 is 10.6 Å². The van der Waals surface area contributed by atoms with Gasteiger partial charge in [0, 0.05) is 12.2 Å². The molecule has 1 aliphatic rings. The minimum Gasteiger partial charge on any atom is -0.320 e. The number of rotatable bonds is 2. The molecule has 0 saturated carbocycles. The van der Waals surface area contributed by atoms with Crippen molar-refractivity contribution in [3.05, 3.63) is 42.5 Å². The maximum atomic E-state index is 12.1. The summed E-state index contributed by atoms with van der Waals surface area (Å²) < 4.78 is 0. The Morgan fingerprint density at radius 2 is 2.25 bits per heavy atom. The molecule has 1 amide bonds. The smallest absolute Gasteiger partial charge is 0.244 e. The third-order valence-electron chi connectivity index (χ3n) is 2.90. The lowest BCUT2D eigenvalue weighted by molar-refractivity contribution is -0.119. The molecule has 2 N–H and O–H groups in total. The van der Waals surface area contributed by atoms with Crippen LogP contribution in [0.15, 0.2) is 36.9 Å². The predicted octanol–water partition coefficient (Wildman–Crippen LogP) is 1.48. The molecule has 1 unspecified atom stereocenters. The number of amides is 1. The van der Waals surface area contributed by atoms with E-state index in [1.165, 1.54) is 5.56 Å². The summed E-state index contributed by atoms with van der Waals surface area (Å²) in [5, 5.41) is 0. The van der Waals surface area contributed by atoms with E-state index in [9.17, 15) is 4.79 Å². The fourth-order valence-electron chi connectivity index (χ4n) is 2.06. The van der Waals surface area contributed by atoms with Crippen LogP contribution in [0.3, 0.4) is 0 Å². The van der Waals surface area contributed by atoms with Crippen molar-refractivity contribution in [1.82, 2.24) is 0 Å². The zero-order valence-electron chi connectivity index (χ0n) is 9.23. The summed E-state index contributed by atoms with van der Waals surface area (Å²) in [7, 11) is 0. The van der Waals surface area contributed by atoms with Gasteiger partial charge in [-0.05, 0) is 24.5 Å². The zero-order valence-corrected chi connectivity index (χ0v) is 9.23. The molecular formula is C13H16N2O. The number of fused-ring (bicyclic) bond motifs is 1. The van der Waals surface area contributed by atoms with E-state index in [0.717, 1.165) is 12.1 Å². The highest BCUT2D eigenvalue weighted by Crippen LogP contribution is 2.26. The van der Waals surface area contributed by atoms with Crippen LogP contribution in [0, 0.1) is 0 Å². The molecule has 0 radical (unpaired) electrons. The Labute approximate surface area is 95.6 Å². The number of nitrogens with zero attached hydrogens (tertiary/aromatic N) is 1. The van der Waals surface area contributed by atoms with Crippen LogP contribution in [-0.4, -0.2) is 18.5 Å². The van der Waals surface area contributed by atoms with Crippen molar-refractivity contribution in [3.63, 3.8) is 0 Å². The molecule has 3 nitrogen and oxygen atoms in total. The van der Waals surface area contributed by atoms with E-state index in [1.807, 2.05) is 18.2 Å². The highest BCUT2D eigenvalue weighted by Gasteiger charge is 2.26. The van der Waals surface area contributed by atoms with Crippen LogP contribution < -0.4 is 10.6 Å². The van der Waals surface area contributed by atoms with Crippen LogP contribution in [0.25, 0.3) is 0 Å². The Morgan fingerprint density at radius 3 is 3.00 bits per heavy atom. The van der Waals surface area contributed by atoms with Gasteiger partial charge in [0.05, 0.1) is 6.04 Å². The first-order valence-electron chi connectivity index (χ1n) is 5.50. The maximum absolute atomic E-state index is 12.1. The Hall–Kier alpha value is -1.61. The van der Waals surface area contributed by atoms with Gasteiger partial charge in [0.2, 0.25) is 5.91 Å². The number of hydrogen-bond acceptors (Lipinski definition) is 2. The van der Waals surface area contributed by atoms with E-state index in [0.29, 0.717) is 13.0 Å². The summed E-state index contributed by atoms with van der Waals surface area (Å²) in [4.78, 5) is 13.8.